The van der Waals surface area contributed by atoms with Gasteiger partial charge in [0.15, 0.2) is 0 Å². The van der Waals surface area contributed by atoms with Gasteiger partial charge in [0.2, 0.25) is 10.0 Å². The van der Waals surface area contributed by atoms with E-state index >= 15 is 0 Å². The molecule has 0 saturated carbocycles. The fraction of sp³-hybridized carbons (Fsp3) is 0.286. The zero-order valence-electron chi connectivity index (χ0n) is 12.5. The van der Waals surface area contributed by atoms with Crippen molar-refractivity contribution in [3.63, 3.8) is 0 Å². The number of nitro benzene ring substituents is 1. The summed E-state index contributed by atoms with van der Waals surface area (Å²) in [6.07, 6.45) is -1.16. The lowest BCUT2D eigenvalue weighted by atomic mass is 10.2. The summed E-state index contributed by atoms with van der Waals surface area (Å²) in [5.41, 5.74) is 0.0459. The molecule has 0 amide bonds. The molecule has 1 unspecified atom stereocenters. The number of nitrogens with one attached hydrogen (secondary N) is 1. The SMILES string of the molecule is Cc1ccc(C(O)CNS(=O)(=O)c2cc([N+](=O)[O-])ccc2C)o1. The van der Waals surface area contributed by atoms with Gasteiger partial charge in [-0.1, -0.05) is 6.07 Å². The van der Waals surface area contributed by atoms with E-state index in [1.807, 2.05) is 0 Å². The molecule has 0 bridgehead atoms. The van der Waals surface area contributed by atoms with Crippen molar-refractivity contribution in [2.75, 3.05) is 6.54 Å². The molecule has 23 heavy (non-hydrogen) atoms. The number of rotatable bonds is 6. The monoisotopic (exact) mass is 340 g/mol. The Balaban J connectivity index is 2.19. The van der Waals surface area contributed by atoms with Gasteiger partial charge in [0.1, 0.15) is 17.6 Å². The zero-order chi connectivity index (χ0) is 17.2. The maximum absolute atomic E-state index is 12.3. The molecule has 0 radical (unpaired) electrons. The number of aryl methyl sites for hydroxylation is 2. The van der Waals surface area contributed by atoms with Gasteiger partial charge in [0.05, 0.1) is 9.82 Å². The number of nitrogens with zero attached hydrogens (tertiary/aromatic N) is 1. The maximum Gasteiger partial charge on any atom is 0.270 e. The molecular formula is C14H16N2O6S. The molecule has 2 rings (SSSR count). The maximum atomic E-state index is 12.3. The van der Waals surface area contributed by atoms with Crippen LogP contribution in [0.3, 0.4) is 0 Å². The van der Waals surface area contributed by atoms with E-state index in [4.69, 9.17) is 4.42 Å². The Bertz CT molecular complexity index is 828. The number of nitro groups is 1. The topological polar surface area (TPSA) is 123 Å². The Kier molecular flexibility index (Phi) is 4.83. The van der Waals surface area contributed by atoms with Gasteiger partial charge >= 0.3 is 0 Å². The van der Waals surface area contributed by atoms with Crippen LogP contribution in [-0.4, -0.2) is 25.0 Å². The highest BCUT2D eigenvalue weighted by molar-refractivity contribution is 7.89. The van der Waals surface area contributed by atoms with Gasteiger partial charge in [-0.15, -0.1) is 0 Å². The average Bonchev–Trinajstić information content (AvgIpc) is 2.91. The molecule has 124 valence electrons. The van der Waals surface area contributed by atoms with Crippen molar-refractivity contribution in [3.05, 3.63) is 57.5 Å². The first kappa shape index (κ1) is 17.1. The van der Waals surface area contributed by atoms with Gasteiger partial charge in [-0.3, -0.25) is 10.1 Å². The summed E-state index contributed by atoms with van der Waals surface area (Å²) in [4.78, 5) is 9.92. The summed E-state index contributed by atoms with van der Waals surface area (Å²) in [5, 5.41) is 20.7. The van der Waals surface area contributed by atoms with Crippen molar-refractivity contribution in [2.24, 2.45) is 0 Å². The predicted molar refractivity (Wildman–Crippen MR) is 81.4 cm³/mol. The molecular weight excluding hydrogens is 324 g/mol. The Morgan fingerprint density at radius 1 is 1.30 bits per heavy atom. The van der Waals surface area contributed by atoms with E-state index in [9.17, 15) is 23.6 Å². The predicted octanol–water partition coefficient (Wildman–Crippen LogP) is 1.82. The van der Waals surface area contributed by atoms with E-state index < -0.39 is 21.1 Å². The molecule has 0 saturated heterocycles. The van der Waals surface area contributed by atoms with Gasteiger partial charge in [-0.2, -0.15) is 0 Å². The third-order valence-corrected chi connectivity index (χ3v) is 4.79. The molecule has 0 aliphatic carbocycles. The number of furan rings is 1. The lowest BCUT2D eigenvalue weighted by molar-refractivity contribution is -0.385. The number of hydrogen-bond donors (Lipinski definition) is 2. The summed E-state index contributed by atoms with van der Waals surface area (Å²) >= 11 is 0. The first-order valence-corrected chi connectivity index (χ1v) is 8.18. The molecule has 0 spiro atoms. The molecule has 2 N–H and O–H groups in total. The average molecular weight is 340 g/mol. The smallest absolute Gasteiger partial charge is 0.270 e. The minimum absolute atomic E-state index is 0.200. The largest absolute Gasteiger partial charge is 0.464 e. The van der Waals surface area contributed by atoms with Crippen molar-refractivity contribution in [2.45, 2.75) is 24.8 Å². The third kappa shape index (κ3) is 3.95. The molecule has 8 nitrogen and oxygen atoms in total. The lowest BCUT2D eigenvalue weighted by Gasteiger charge is -2.12. The van der Waals surface area contributed by atoms with Gasteiger partial charge in [0.25, 0.3) is 5.69 Å². The summed E-state index contributed by atoms with van der Waals surface area (Å²) in [7, 11) is -4.00. The molecule has 2 aromatic rings. The van der Waals surface area contributed by atoms with Crippen LogP contribution >= 0.6 is 0 Å². The lowest BCUT2D eigenvalue weighted by Crippen LogP contribution is -2.29. The van der Waals surface area contributed by atoms with Crippen LogP contribution in [0, 0.1) is 24.0 Å². The second-order valence-electron chi connectivity index (χ2n) is 5.02. The van der Waals surface area contributed by atoms with Crippen LogP contribution in [-0.2, 0) is 10.0 Å². The molecule has 1 aromatic heterocycles. The molecule has 0 fully saturated rings. The number of aliphatic hydroxyl groups excluding tert-OH is 1. The Morgan fingerprint density at radius 2 is 2.00 bits per heavy atom. The Morgan fingerprint density at radius 3 is 2.57 bits per heavy atom. The minimum Gasteiger partial charge on any atom is -0.464 e. The van der Waals surface area contributed by atoms with E-state index in [-0.39, 0.29) is 22.9 Å². The second kappa shape index (κ2) is 6.49. The van der Waals surface area contributed by atoms with E-state index in [0.29, 0.717) is 11.3 Å². The van der Waals surface area contributed by atoms with Crippen LogP contribution in [0.1, 0.15) is 23.2 Å². The highest BCUT2D eigenvalue weighted by Crippen LogP contribution is 2.22. The summed E-state index contributed by atoms with van der Waals surface area (Å²) in [6, 6.07) is 6.78. The fourth-order valence-electron chi connectivity index (χ4n) is 1.99. The standard InChI is InChI=1S/C14H16N2O6S/c1-9-3-5-11(16(18)19)7-14(9)23(20,21)15-8-12(17)13-6-4-10(2)22-13/h3-7,12,15,17H,8H2,1-2H3. The van der Waals surface area contributed by atoms with Crippen LogP contribution in [0.5, 0.6) is 0 Å². The van der Waals surface area contributed by atoms with Gasteiger partial charge < -0.3 is 9.52 Å². The summed E-state index contributed by atoms with van der Waals surface area (Å²) in [6.45, 7) is 2.93. The number of non-ortho nitro benzene ring substituents is 1. The minimum atomic E-state index is -4.00. The van der Waals surface area contributed by atoms with Gasteiger partial charge in [0, 0.05) is 18.7 Å². The van der Waals surface area contributed by atoms with Crippen LogP contribution < -0.4 is 4.72 Å². The number of benzene rings is 1. The van der Waals surface area contributed by atoms with Gasteiger partial charge in [-0.05, 0) is 31.5 Å². The van der Waals surface area contributed by atoms with Crippen LogP contribution in [0.25, 0.3) is 0 Å². The van der Waals surface area contributed by atoms with E-state index in [2.05, 4.69) is 4.72 Å². The van der Waals surface area contributed by atoms with E-state index in [1.54, 1.807) is 19.1 Å². The molecule has 1 heterocycles. The molecule has 1 atom stereocenters. The fourth-order valence-corrected chi connectivity index (χ4v) is 3.29. The van der Waals surface area contributed by atoms with Crippen LogP contribution in [0.4, 0.5) is 5.69 Å². The van der Waals surface area contributed by atoms with Crippen molar-refractivity contribution in [3.8, 4) is 0 Å². The summed E-state index contributed by atoms with van der Waals surface area (Å²) < 4.78 is 32.0. The molecule has 0 aliphatic rings. The first-order valence-electron chi connectivity index (χ1n) is 6.70. The number of hydrogen-bond acceptors (Lipinski definition) is 6. The van der Waals surface area contributed by atoms with Crippen molar-refractivity contribution in [1.29, 1.82) is 0 Å². The van der Waals surface area contributed by atoms with Crippen LogP contribution in [0.15, 0.2) is 39.6 Å². The second-order valence-corrected chi connectivity index (χ2v) is 6.76. The zero-order valence-corrected chi connectivity index (χ0v) is 13.3. The normalized spacial score (nSPS) is 13.0. The first-order chi connectivity index (χ1) is 10.7. The quantitative estimate of drug-likeness (QED) is 0.611. The molecule has 9 heteroatoms. The highest BCUT2D eigenvalue weighted by Gasteiger charge is 2.22. The Labute approximate surface area is 133 Å². The number of sulfonamides is 1. The van der Waals surface area contributed by atoms with Crippen LogP contribution in [0.2, 0.25) is 0 Å². The highest BCUT2D eigenvalue weighted by atomic mass is 32.2. The van der Waals surface area contributed by atoms with E-state index in [1.165, 1.54) is 19.1 Å². The molecule has 1 aromatic carbocycles. The van der Waals surface area contributed by atoms with E-state index in [0.717, 1.165) is 6.07 Å². The Hall–Kier alpha value is -2.23. The number of aliphatic hydroxyl groups is 1. The van der Waals surface area contributed by atoms with Crippen molar-refractivity contribution >= 4 is 15.7 Å². The summed E-state index contributed by atoms with van der Waals surface area (Å²) in [5.74, 6) is 0.831. The van der Waals surface area contributed by atoms with Crippen molar-refractivity contribution in [1.82, 2.24) is 4.72 Å². The van der Waals surface area contributed by atoms with Crippen molar-refractivity contribution < 1.29 is 22.9 Å². The molecule has 0 aliphatic heterocycles. The third-order valence-electron chi connectivity index (χ3n) is 3.23. The van der Waals surface area contributed by atoms with Gasteiger partial charge in [-0.25, -0.2) is 13.1 Å².